The third-order valence-corrected chi connectivity index (χ3v) is 4.43. The Morgan fingerprint density at radius 1 is 1.20 bits per heavy atom. The van der Waals surface area contributed by atoms with Crippen LogP contribution in [0.4, 0.5) is 0 Å². The first kappa shape index (κ1) is 15.0. The highest BCUT2D eigenvalue weighted by molar-refractivity contribution is 8.02. The van der Waals surface area contributed by atoms with Crippen molar-refractivity contribution in [3.63, 3.8) is 0 Å². The summed E-state index contributed by atoms with van der Waals surface area (Å²) in [6, 6.07) is 9.28. The van der Waals surface area contributed by atoms with Gasteiger partial charge in [-0.1, -0.05) is 47.2 Å². The van der Waals surface area contributed by atoms with Crippen LogP contribution in [0.3, 0.4) is 0 Å². The number of carbonyl (C=O) groups excluding carboxylic acids is 1. The lowest BCUT2D eigenvalue weighted by Gasteiger charge is -2.07. The van der Waals surface area contributed by atoms with E-state index in [1.807, 2.05) is 51.1 Å². The molecule has 4 nitrogen and oxygen atoms in total. The van der Waals surface area contributed by atoms with E-state index in [0.29, 0.717) is 5.19 Å². The van der Waals surface area contributed by atoms with Crippen molar-refractivity contribution in [2.24, 2.45) is 0 Å². The quantitative estimate of drug-likeness (QED) is 0.602. The molecule has 20 heavy (non-hydrogen) atoms. The van der Waals surface area contributed by atoms with Crippen molar-refractivity contribution in [3.8, 4) is 5.19 Å². The van der Waals surface area contributed by atoms with Crippen LogP contribution in [0, 0.1) is 0 Å². The largest absolute Gasteiger partial charge is 0.466 e. The Hall–Kier alpha value is -1.40. The van der Waals surface area contributed by atoms with Gasteiger partial charge in [0, 0.05) is 5.56 Å². The molecule has 0 aliphatic carbocycles. The van der Waals surface area contributed by atoms with E-state index in [0.717, 1.165) is 9.90 Å². The zero-order chi connectivity index (χ0) is 14.5. The zero-order valence-electron chi connectivity index (χ0n) is 11.6. The number of ketones is 1. The second kappa shape index (κ2) is 6.85. The molecule has 1 atom stereocenters. The molecule has 106 valence electrons. The zero-order valence-corrected chi connectivity index (χ0v) is 13.2. The van der Waals surface area contributed by atoms with Gasteiger partial charge < -0.3 is 4.74 Å². The van der Waals surface area contributed by atoms with Crippen LogP contribution in [0.2, 0.25) is 0 Å². The Morgan fingerprint density at radius 3 is 2.55 bits per heavy atom. The number of carbonyl (C=O) groups is 1. The third-order valence-electron chi connectivity index (χ3n) is 2.43. The lowest BCUT2D eigenvalue weighted by Crippen LogP contribution is -2.13. The smallest absolute Gasteiger partial charge is 0.295 e. The lowest BCUT2D eigenvalue weighted by atomic mass is 10.1. The molecule has 1 aromatic heterocycles. The average Bonchev–Trinajstić information content (AvgIpc) is 2.85. The van der Waals surface area contributed by atoms with Crippen molar-refractivity contribution >= 4 is 28.9 Å². The fourth-order valence-corrected chi connectivity index (χ4v) is 3.56. The van der Waals surface area contributed by atoms with Crippen molar-refractivity contribution in [2.75, 3.05) is 0 Å². The van der Waals surface area contributed by atoms with Gasteiger partial charge in [-0.15, -0.1) is 5.10 Å². The number of hydrogen-bond acceptors (Lipinski definition) is 6. The predicted molar refractivity (Wildman–Crippen MR) is 81.8 cm³/mol. The summed E-state index contributed by atoms with van der Waals surface area (Å²) in [4.78, 5) is 12.2. The second-order valence-corrected chi connectivity index (χ2v) is 7.02. The van der Waals surface area contributed by atoms with E-state index in [1.165, 1.54) is 23.1 Å². The summed E-state index contributed by atoms with van der Waals surface area (Å²) in [7, 11) is 0. The normalized spacial score (nSPS) is 12.4. The molecule has 0 saturated heterocycles. The van der Waals surface area contributed by atoms with Crippen molar-refractivity contribution in [2.45, 2.75) is 36.5 Å². The van der Waals surface area contributed by atoms with Crippen LogP contribution < -0.4 is 4.74 Å². The summed E-state index contributed by atoms with van der Waals surface area (Å²) in [5.41, 5.74) is 0.718. The molecule has 0 amide bonds. The number of nitrogens with zero attached hydrogens (tertiary/aromatic N) is 2. The summed E-state index contributed by atoms with van der Waals surface area (Å²) in [6.45, 7) is 5.76. The third kappa shape index (κ3) is 4.05. The van der Waals surface area contributed by atoms with Gasteiger partial charge in [0.1, 0.15) is 0 Å². The van der Waals surface area contributed by atoms with Crippen molar-refractivity contribution < 1.29 is 9.53 Å². The molecule has 2 aromatic rings. The summed E-state index contributed by atoms with van der Waals surface area (Å²) >= 11 is 2.78. The van der Waals surface area contributed by atoms with Crippen molar-refractivity contribution in [1.29, 1.82) is 0 Å². The first-order valence-electron chi connectivity index (χ1n) is 6.32. The van der Waals surface area contributed by atoms with Crippen molar-refractivity contribution in [3.05, 3.63) is 35.9 Å². The summed E-state index contributed by atoms with van der Waals surface area (Å²) in [6.07, 6.45) is 0.0733. The van der Waals surface area contributed by atoms with Gasteiger partial charge in [-0.3, -0.25) is 4.79 Å². The van der Waals surface area contributed by atoms with Gasteiger partial charge in [-0.25, -0.2) is 0 Å². The maximum atomic E-state index is 12.2. The maximum Gasteiger partial charge on any atom is 0.295 e. The molecule has 0 bridgehead atoms. The van der Waals surface area contributed by atoms with Crippen LogP contribution in [-0.2, 0) is 0 Å². The molecular formula is C14H16N2O2S2. The molecule has 6 heteroatoms. The topological polar surface area (TPSA) is 52.1 Å². The van der Waals surface area contributed by atoms with Gasteiger partial charge in [0.2, 0.25) is 0 Å². The molecule has 0 N–H and O–H groups in total. The molecule has 0 radical (unpaired) electrons. The van der Waals surface area contributed by atoms with E-state index in [1.54, 1.807) is 0 Å². The van der Waals surface area contributed by atoms with E-state index in [-0.39, 0.29) is 17.1 Å². The van der Waals surface area contributed by atoms with E-state index in [9.17, 15) is 4.79 Å². The van der Waals surface area contributed by atoms with Gasteiger partial charge in [0.25, 0.3) is 5.19 Å². The second-order valence-electron chi connectivity index (χ2n) is 4.49. The molecule has 0 saturated carbocycles. The number of Topliss-reactive ketones (excluding diaryl/α,β-unsaturated/α-hetero) is 1. The van der Waals surface area contributed by atoms with Crippen LogP contribution in [0.15, 0.2) is 34.7 Å². The van der Waals surface area contributed by atoms with E-state index < -0.39 is 0 Å². The standard InChI is InChI=1S/C14H16N2O2S2/c1-9(2)18-13-15-16-14(20-13)19-10(3)12(17)11-7-5-4-6-8-11/h4-10H,1-3H3. The molecule has 2 rings (SSSR count). The number of rotatable bonds is 6. The molecule has 0 aliphatic rings. The van der Waals surface area contributed by atoms with Crippen LogP contribution in [-0.4, -0.2) is 27.3 Å². The Morgan fingerprint density at radius 2 is 1.90 bits per heavy atom. The molecule has 0 fully saturated rings. The highest BCUT2D eigenvalue weighted by atomic mass is 32.2. The summed E-state index contributed by atoms with van der Waals surface area (Å²) < 4.78 is 6.22. The molecule has 0 spiro atoms. The fourth-order valence-electron chi connectivity index (χ4n) is 1.54. The molecule has 1 unspecified atom stereocenters. The molecule has 1 aromatic carbocycles. The Bertz CT molecular complexity index is 570. The minimum Gasteiger partial charge on any atom is -0.466 e. The Balaban J connectivity index is 1.99. The van der Waals surface area contributed by atoms with E-state index >= 15 is 0 Å². The number of ether oxygens (including phenoxy) is 1. The fraction of sp³-hybridized carbons (Fsp3) is 0.357. The first-order valence-corrected chi connectivity index (χ1v) is 8.02. The van der Waals surface area contributed by atoms with Crippen LogP contribution in [0.5, 0.6) is 5.19 Å². The molecule has 0 aliphatic heterocycles. The number of hydrogen-bond donors (Lipinski definition) is 0. The van der Waals surface area contributed by atoms with Crippen LogP contribution in [0.25, 0.3) is 0 Å². The Kier molecular flexibility index (Phi) is 5.14. The minimum atomic E-state index is -0.197. The van der Waals surface area contributed by atoms with Gasteiger partial charge in [0.05, 0.1) is 11.4 Å². The number of benzene rings is 1. The summed E-state index contributed by atoms with van der Waals surface area (Å²) in [5.74, 6) is 0.0946. The highest BCUT2D eigenvalue weighted by Crippen LogP contribution is 2.31. The highest BCUT2D eigenvalue weighted by Gasteiger charge is 2.19. The number of thioether (sulfide) groups is 1. The Labute approximate surface area is 126 Å². The van der Waals surface area contributed by atoms with Crippen molar-refractivity contribution in [1.82, 2.24) is 10.2 Å². The van der Waals surface area contributed by atoms with Gasteiger partial charge in [-0.05, 0) is 32.1 Å². The average molecular weight is 308 g/mol. The molecule has 1 heterocycles. The summed E-state index contributed by atoms with van der Waals surface area (Å²) in [5, 5.41) is 8.34. The van der Waals surface area contributed by atoms with E-state index in [4.69, 9.17) is 4.74 Å². The van der Waals surface area contributed by atoms with Gasteiger partial charge in [-0.2, -0.15) is 0 Å². The maximum absolute atomic E-state index is 12.2. The predicted octanol–water partition coefficient (Wildman–Crippen LogP) is 3.69. The lowest BCUT2D eigenvalue weighted by molar-refractivity contribution is 0.0994. The van der Waals surface area contributed by atoms with E-state index in [2.05, 4.69) is 10.2 Å². The van der Waals surface area contributed by atoms with Gasteiger partial charge >= 0.3 is 0 Å². The minimum absolute atomic E-state index is 0.0733. The number of aromatic nitrogens is 2. The van der Waals surface area contributed by atoms with Crippen LogP contribution >= 0.6 is 23.1 Å². The first-order chi connectivity index (χ1) is 9.56. The monoisotopic (exact) mass is 308 g/mol. The van der Waals surface area contributed by atoms with Crippen LogP contribution in [0.1, 0.15) is 31.1 Å². The van der Waals surface area contributed by atoms with Gasteiger partial charge in [0.15, 0.2) is 10.1 Å². The SMILES string of the molecule is CC(C)Oc1nnc(SC(C)C(=O)c2ccccc2)s1. The molecular weight excluding hydrogens is 292 g/mol.